The fraction of sp³-hybridized carbons (Fsp3) is 0.625. The molecule has 0 bridgehead atoms. The van der Waals surface area contributed by atoms with E-state index >= 15 is 0 Å². The molecule has 25 heavy (non-hydrogen) atoms. The van der Waals surface area contributed by atoms with Crippen molar-refractivity contribution in [2.75, 3.05) is 0 Å². The van der Waals surface area contributed by atoms with Gasteiger partial charge in [0.2, 0.25) is 0 Å². The number of aliphatic hydroxyl groups is 1. The average Bonchev–Trinajstić information content (AvgIpc) is 2.52. The van der Waals surface area contributed by atoms with Gasteiger partial charge in [-0.25, -0.2) is 0 Å². The van der Waals surface area contributed by atoms with E-state index in [0.717, 1.165) is 19.3 Å². The van der Waals surface area contributed by atoms with Crippen LogP contribution in [0.15, 0.2) is 18.2 Å². The third kappa shape index (κ3) is 5.24. The van der Waals surface area contributed by atoms with Crippen LogP contribution in [-0.2, 0) is 12.4 Å². The second-order valence-electron chi connectivity index (χ2n) is 6.21. The summed E-state index contributed by atoms with van der Waals surface area (Å²) >= 11 is 0. The number of benzene rings is 1. The monoisotopic (exact) mass is 391 g/mol. The maximum Gasteiger partial charge on any atom is 0.416 e. The fourth-order valence-corrected chi connectivity index (χ4v) is 3.23. The summed E-state index contributed by atoms with van der Waals surface area (Å²) in [6, 6.07) is -0.357. The molecule has 0 saturated heterocycles. The number of alkyl halides is 6. The van der Waals surface area contributed by atoms with Gasteiger partial charge >= 0.3 is 12.4 Å². The summed E-state index contributed by atoms with van der Waals surface area (Å²) in [7, 11) is 0. The number of rotatable bonds is 3. The number of aliphatic hydroxyl groups excluding tert-OH is 1. The minimum atomic E-state index is -4.84. The summed E-state index contributed by atoms with van der Waals surface area (Å²) in [6.07, 6.45) is -7.11. The van der Waals surface area contributed by atoms with Crippen molar-refractivity contribution in [2.24, 2.45) is 11.7 Å². The molecule has 9 heteroatoms. The molecule has 0 aromatic heterocycles. The van der Waals surface area contributed by atoms with Gasteiger partial charge in [-0.3, -0.25) is 0 Å². The normalized spacial score (nSPS) is 19.2. The molecule has 0 aliphatic heterocycles. The molecule has 0 radical (unpaired) electrons. The lowest BCUT2D eigenvalue weighted by atomic mass is 9.80. The van der Waals surface area contributed by atoms with Crippen molar-refractivity contribution < 1.29 is 31.4 Å². The predicted octanol–water partition coefficient (Wildman–Crippen LogP) is 5.09. The number of hydrogen-bond acceptors (Lipinski definition) is 2. The van der Waals surface area contributed by atoms with Crippen LogP contribution in [0.4, 0.5) is 26.3 Å². The zero-order valence-electron chi connectivity index (χ0n) is 13.2. The molecule has 0 spiro atoms. The standard InChI is InChI=1S/C16H19F6NO.ClH/c17-15(18,19)10-6-7-12(16(20,21)22)11(8-10)13(23)14(24)9-4-2-1-3-5-9;/h6-9,13-14,24H,1-5,23H2;1H/t13-,14+;/m1./s1. The predicted molar refractivity (Wildman–Crippen MR) is 83.2 cm³/mol. The van der Waals surface area contributed by atoms with E-state index in [2.05, 4.69) is 0 Å². The molecular weight excluding hydrogens is 372 g/mol. The van der Waals surface area contributed by atoms with Crippen LogP contribution in [0, 0.1) is 5.92 Å². The summed E-state index contributed by atoms with van der Waals surface area (Å²) in [6.45, 7) is 0. The smallest absolute Gasteiger partial charge is 0.391 e. The quantitative estimate of drug-likeness (QED) is 0.705. The lowest BCUT2D eigenvalue weighted by Crippen LogP contribution is -2.35. The Morgan fingerprint density at radius 1 is 0.960 bits per heavy atom. The molecule has 144 valence electrons. The second kappa shape index (κ2) is 8.14. The molecule has 1 fully saturated rings. The zero-order chi connectivity index (χ0) is 18.1. The summed E-state index contributed by atoms with van der Waals surface area (Å²) < 4.78 is 77.9. The van der Waals surface area contributed by atoms with Crippen molar-refractivity contribution in [1.82, 2.24) is 0 Å². The van der Waals surface area contributed by atoms with Gasteiger partial charge < -0.3 is 10.8 Å². The second-order valence-corrected chi connectivity index (χ2v) is 6.21. The molecule has 0 amide bonds. The Balaban J connectivity index is 0.00000312. The molecule has 1 saturated carbocycles. The van der Waals surface area contributed by atoms with Crippen LogP contribution in [0.2, 0.25) is 0 Å². The molecule has 2 atom stereocenters. The number of halogens is 7. The highest BCUT2D eigenvalue weighted by atomic mass is 35.5. The molecule has 3 N–H and O–H groups in total. The van der Waals surface area contributed by atoms with Gasteiger partial charge in [-0.2, -0.15) is 26.3 Å². The van der Waals surface area contributed by atoms with E-state index in [1.165, 1.54) is 0 Å². The summed E-state index contributed by atoms with van der Waals surface area (Å²) in [5.74, 6) is -0.302. The minimum Gasteiger partial charge on any atom is -0.391 e. The molecule has 1 aromatic rings. The van der Waals surface area contributed by atoms with E-state index in [1.807, 2.05) is 0 Å². The van der Waals surface area contributed by atoms with Crippen LogP contribution in [0.3, 0.4) is 0 Å². The van der Waals surface area contributed by atoms with E-state index < -0.39 is 41.2 Å². The van der Waals surface area contributed by atoms with E-state index in [9.17, 15) is 31.4 Å². The summed E-state index contributed by atoms with van der Waals surface area (Å²) in [4.78, 5) is 0. The Hall–Kier alpha value is -0.990. The number of hydrogen-bond donors (Lipinski definition) is 2. The van der Waals surface area contributed by atoms with Gasteiger partial charge in [0, 0.05) is 0 Å². The van der Waals surface area contributed by atoms with Crippen LogP contribution in [0.25, 0.3) is 0 Å². The van der Waals surface area contributed by atoms with Gasteiger partial charge in [0.05, 0.1) is 23.3 Å². The lowest BCUT2D eigenvalue weighted by molar-refractivity contribution is -0.142. The van der Waals surface area contributed by atoms with Crippen LogP contribution in [-0.4, -0.2) is 11.2 Å². The maximum absolute atomic E-state index is 13.1. The first-order chi connectivity index (χ1) is 11.0. The SMILES string of the molecule is Cl.N[C@H](c1cc(C(F)(F)F)ccc1C(F)(F)F)[C@@H](O)C1CCCCC1. The third-order valence-corrected chi connectivity index (χ3v) is 4.54. The first-order valence-electron chi connectivity index (χ1n) is 7.74. The van der Waals surface area contributed by atoms with Gasteiger partial charge in [0.25, 0.3) is 0 Å². The van der Waals surface area contributed by atoms with E-state index in [-0.39, 0.29) is 18.3 Å². The van der Waals surface area contributed by atoms with Crippen LogP contribution < -0.4 is 5.73 Å². The highest BCUT2D eigenvalue weighted by Crippen LogP contribution is 2.40. The topological polar surface area (TPSA) is 46.2 Å². The Kier molecular flexibility index (Phi) is 7.18. The van der Waals surface area contributed by atoms with Gasteiger partial charge in [-0.1, -0.05) is 19.3 Å². The molecule has 2 rings (SSSR count). The van der Waals surface area contributed by atoms with Crippen molar-refractivity contribution in [1.29, 1.82) is 0 Å². The third-order valence-electron chi connectivity index (χ3n) is 4.54. The van der Waals surface area contributed by atoms with Crippen molar-refractivity contribution in [2.45, 2.75) is 56.6 Å². The van der Waals surface area contributed by atoms with Gasteiger partial charge in [-0.05, 0) is 42.5 Å². The number of nitrogens with two attached hydrogens (primary N) is 1. The van der Waals surface area contributed by atoms with Crippen LogP contribution in [0.1, 0.15) is 54.8 Å². The van der Waals surface area contributed by atoms with Gasteiger partial charge in [0.1, 0.15) is 0 Å². The van der Waals surface area contributed by atoms with Crippen molar-refractivity contribution >= 4 is 12.4 Å². The van der Waals surface area contributed by atoms with E-state index in [4.69, 9.17) is 5.73 Å². The van der Waals surface area contributed by atoms with E-state index in [1.54, 1.807) is 0 Å². The molecule has 2 nitrogen and oxygen atoms in total. The molecule has 1 aliphatic carbocycles. The molecular formula is C16H20ClF6NO. The first-order valence-corrected chi connectivity index (χ1v) is 7.74. The Morgan fingerprint density at radius 3 is 2.00 bits per heavy atom. The van der Waals surface area contributed by atoms with E-state index in [0.29, 0.717) is 31.0 Å². The molecule has 0 unspecified atom stereocenters. The molecule has 1 aliphatic rings. The van der Waals surface area contributed by atoms with Gasteiger partial charge in [-0.15, -0.1) is 12.4 Å². The summed E-state index contributed by atoms with van der Waals surface area (Å²) in [5, 5.41) is 10.3. The fourth-order valence-electron chi connectivity index (χ4n) is 3.23. The lowest BCUT2D eigenvalue weighted by Gasteiger charge is -2.32. The summed E-state index contributed by atoms with van der Waals surface area (Å²) in [5.41, 5.74) is 2.60. The Bertz CT molecular complexity index is 569. The van der Waals surface area contributed by atoms with Gasteiger partial charge in [0.15, 0.2) is 0 Å². The van der Waals surface area contributed by atoms with Crippen molar-refractivity contribution in [3.05, 3.63) is 34.9 Å². The molecule has 0 heterocycles. The highest BCUT2D eigenvalue weighted by molar-refractivity contribution is 5.85. The van der Waals surface area contributed by atoms with Crippen molar-refractivity contribution in [3.8, 4) is 0 Å². The Morgan fingerprint density at radius 2 is 1.52 bits per heavy atom. The average molecular weight is 392 g/mol. The zero-order valence-corrected chi connectivity index (χ0v) is 14.0. The van der Waals surface area contributed by atoms with Crippen LogP contribution in [0.5, 0.6) is 0 Å². The largest absolute Gasteiger partial charge is 0.416 e. The van der Waals surface area contributed by atoms with Crippen molar-refractivity contribution in [3.63, 3.8) is 0 Å². The first kappa shape index (κ1) is 22.1. The minimum absolute atomic E-state index is 0. The maximum atomic E-state index is 13.1. The Labute approximate surface area is 147 Å². The highest BCUT2D eigenvalue weighted by Gasteiger charge is 2.40. The van der Waals surface area contributed by atoms with Crippen LogP contribution >= 0.6 is 12.4 Å². The molecule has 1 aromatic carbocycles.